The van der Waals surface area contributed by atoms with Crippen LogP contribution in [0, 0.1) is 23.7 Å². The summed E-state index contributed by atoms with van der Waals surface area (Å²) in [4.78, 5) is 89.2. The third kappa shape index (κ3) is 13.2. The summed E-state index contributed by atoms with van der Waals surface area (Å²) in [6.07, 6.45) is 3.31. The van der Waals surface area contributed by atoms with Crippen LogP contribution in [0.2, 0.25) is 0 Å². The number of primary amides is 1. The maximum atomic E-state index is 14.5. The van der Waals surface area contributed by atoms with Gasteiger partial charge in [0.2, 0.25) is 35.4 Å². The molecule has 0 unspecified atom stereocenters. The van der Waals surface area contributed by atoms with Gasteiger partial charge in [-0.15, -0.1) is 0 Å². The lowest BCUT2D eigenvalue weighted by molar-refractivity contribution is -0.148. The molecule has 1 aromatic heterocycles. The molecule has 0 bridgehead atoms. The number of aromatic amines is 1. The second kappa shape index (κ2) is 24.3. The highest BCUT2D eigenvalue weighted by Gasteiger charge is 2.43. The van der Waals surface area contributed by atoms with E-state index < -0.39 is 60.1 Å². The van der Waals surface area contributed by atoms with E-state index >= 15 is 0 Å². The minimum Gasteiger partial charge on any atom is -0.379 e. The molecule has 0 radical (unpaired) electrons. The van der Waals surface area contributed by atoms with Crippen LogP contribution in [0.4, 0.5) is 0 Å². The quantitative estimate of drug-likeness (QED) is 0.0485. The summed E-state index contributed by atoms with van der Waals surface area (Å²) < 4.78 is 12.0. The second-order valence-corrected chi connectivity index (χ2v) is 17.7. The van der Waals surface area contributed by atoms with Crippen molar-refractivity contribution in [3.8, 4) is 0 Å². The Kier molecular flexibility index (Phi) is 20.3. The van der Waals surface area contributed by atoms with Crippen LogP contribution < -0.4 is 27.6 Å². The van der Waals surface area contributed by atoms with Crippen molar-refractivity contribution in [3.05, 3.63) is 36.0 Å². The number of nitrogens with zero attached hydrogens (tertiary/aromatic N) is 3. The van der Waals surface area contributed by atoms with Gasteiger partial charge in [0, 0.05) is 57.8 Å². The van der Waals surface area contributed by atoms with Gasteiger partial charge in [0.25, 0.3) is 0 Å². The number of methoxy groups -OCH3 is 2. The fourth-order valence-electron chi connectivity index (χ4n) is 9.04. The summed E-state index contributed by atoms with van der Waals surface area (Å²) in [5.74, 6) is 1.90. The van der Waals surface area contributed by atoms with E-state index in [2.05, 4.69) is 21.0 Å². The first-order valence-electron chi connectivity index (χ1n) is 22.1. The number of benzene rings is 1. The maximum absolute atomic E-state index is 14.5. The normalized spacial score (nSPS) is 18.2. The van der Waals surface area contributed by atoms with Crippen molar-refractivity contribution in [1.82, 2.24) is 35.7 Å². The first-order chi connectivity index (χ1) is 29.3. The summed E-state index contributed by atoms with van der Waals surface area (Å²) in [5, 5.41) is 6.82. The predicted molar refractivity (Wildman–Crippen MR) is 239 cm³/mol. The number of hydrogen-bond donors (Lipinski definition) is 6. The Morgan fingerprint density at radius 2 is 1.63 bits per heavy atom. The molecule has 8 N–H and O–H groups in total. The molecule has 17 nitrogen and oxygen atoms in total. The van der Waals surface area contributed by atoms with Gasteiger partial charge >= 0.3 is 0 Å². The number of rotatable bonds is 25. The maximum Gasteiger partial charge on any atom is 0.245 e. The molecule has 1 aliphatic heterocycles. The number of carbonyl (C=O) groups excluding carboxylic acids is 6. The van der Waals surface area contributed by atoms with Crippen molar-refractivity contribution in [2.24, 2.45) is 35.2 Å². The number of ether oxygens (including phenoxy) is 2. The number of fused-ring (bicyclic) bond motifs is 1. The minimum atomic E-state index is -0.966. The van der Waals surface area contributed by atoms with Crippen LogP contribution in [0.5, 0.6) is 0 Å². The molecule has 2 aromatic rings. The molecule has 1 aromatic carbocycles. The van der Waals surface area contributed by atoms with Crippen LogP contribution in [0.15, 0.2) is 30.5 Å². The van der Waals surface area contributed by atoms with Gasteiger partial charge in [-0.05, 0) is 62.2 Å². The fourth-order valence-corrected chi connectivity index (χ4v) is 9.04. The number of para-hydroxylation sites is 1. The number of carbonyl (C=O) groups is 6. The molecular weight excluding hydrogens is 795 g/mol. The number of likely N-dealkylation sites (tertiary alicyclic amines) is 1. The minimum absolute atomic E-state index is 0.0356. The third-order valence-electron chi connectivity index (χ3n) is 12.7. The van der Waals surface area contributed by atoms with Crippen molar-refractivity contribution in [2.45, 2.75) is 136 Å². The number of hydrazine groups is 1. The molecule has 0 aliphatic carbocycles. The molecule has 62 heavy (non-hydrogen) atoms. The Morgan fingerprint density at radius 3 is 2.21 bits per heavy atom. The van der Waals surface area contributed by atoms with E-state index in [1.54, 1.807) is 23.8 Å². The number of amides is 6. The monoisotopic (exact) mass is 870 g/mol. The first-order valence-corrected chi connectivity index (χ1v) is 22.1. The fraction of sp³-hybridized carbons (Fsp3) is 0.689. The van der Waals surface area contributed by atoms with Crippen LogP contribution in [-0.2, 0) is 44.7 Å². The van der Waals surface area contributed by atoms with Crippen LogP contribution in [0.3, 0.4) is 0 Å². The Hall–Kier alpha value is -4.58. The predicted octanol–water partition coefficient (Wildman–Crippen LogP) is 2.47. The van der Waals surface area contributed by atoms with Gasteiger partial charge < -0.3 is 40.6 Å². The van der Waals surface area contributed by atoms with E-state index in [4.69, 9.17) is 21.1 Å². The van der Waals surface area contributed by atoms with Crippen molar-refractivity contribution >= 4 is 46.3 Å². The van der Waals surface area contributed by atoms with E-state index in [0.29, 0.717) is 38.8 Å². The largest absolute Gasteiger partial charge is 0.379 e. The van der Waals surface area contributed by atoms with Gasteiger partial charge in [0.05, 0.1) is 42.7 Å². The molecule has 2 heterocycles. The molecular formula is C45H75N9O8. The number of H-pyrrole nitrogens is 1. The molecule has 1 fully saturated rings. The zero-order valence-electron chi connectivity index (χ0n) is 38.9. The highest BCUT2D eigenvalue weighted by Crippen LogP contribution is 2.30. The lowest BCUT2D eigenvalue weighted by Gasteiger charge is -2.41. The zero-order chi connectivity index (χ0) is 46.4. The third-order valence-corrected chi connectivity index (χ3v) is 12.7. The standard InChI is InChI=1S/C45H75N9O8/c1-12-28(6)40(53(9)45(60)38(26(2)3)50-44(59)39(27(4)5)52(8)21-16-20-36(55)51-47)35(61-10)24-37(56)54-22-15-19-34(54)41(62-11)29(7)43(58)49-33(42(46)57)23-30-25-48-32-18-14-13-17-31(30)32/h13-14,17-18,25-29,33-35,38-41,48H,12,15-16,19-24,47H2,1-11H3,(H2,46,57)(H,49,58)(H,50,59)(H,51,55)/t28-,29+,33-,34-,35+,38-,39-,40-,41+/m0/s1. The van der Waals surface area contributed by atoms with Crippen LogP contribution >= 0.6 is 0 Å². The zero-order valence-corrected chi connectivity index (χ0v) is 38.9. The van der Waals surface area contributed by atoms with Crippen molar-refractivity contribution < 1.29 is 38.2 Å². The van der Waals surface area contributed by atoms with Gasteiger partial charge in [0.1, 0.15) is 12.1 Å². The average molecular weight is 870 g/mol. The molecule has 9 atom stereocenters. The lowest BCUT2D eigenvalue weighted by Crippen LogP contribution is -2.60. The summed E-state index contributed by atoms with van der Waals surface area (Å²) in [5.41, 5.74) is 9.67. The molecule has 1 saturated heterocycles. The molecule has 1 aliphatic rings. The molecule has 3 rings (SSSR count). The SMILES string of the molecule is CC[C@H](C)[C@@H]([C@@H](CC(=O)N1CCC[C@H]1[C@H](OC)[C@@H](C)C(=O)N[C@@H](Cc1c[nH]c2ccccc12)C(N)=O)OC)N(C)C(=O)[C@@H](NC(=O)[C@H](C(C)C)N(C)CCCC(=O)NN)C(C)C. The van der Waals surface area contributed by atoms with Crippen molar-refractivity contribution in [1.29, 1.82) is 0 Å². The van der Waals surface area contributed by atoms with Gasteiger partial charge in [-0.3, -0.25) is 39.1 Å². The highest BCUT2D eigenvalue weighted by molar-refractivity contribution is 5.91. The van der Waals surface area contributed by atoms with Gasteiger partial charge in [0.15, 0.2) is 0 Å². The second-order valence-electron chi connectivity index (χ2n) is 17.7. The number of likely N-dealkylation sites (N-methyl/N-ethyl adjacent to an activating group) is 2. The van der Waals surface area contributed by atoms with Crippen molar-refractivity contribution in [2.75, 3.05) is 41.4 Å². The summed E-state index contributed by atoms with van der Waals surface area (Å²) in [6.45, 7) is 14.3. The first kappa shape index (κ1) is 51.8. The molecule has 0 spiro atoms. The summed E-state index contributed by atoms with van der Waals surface area (Å²) in [6, 6.07) is 4.34. The highest BCUT2D eigenvalue weighted by atomic mass is 16.5. The Bertz CT molecular complexity index is 1800. The average Bonchev–Trinajstić information content (AvgIpc) is 3.89. The number of hydrogen-bond acceptors (Lipinski definition) is 10. The van der Waals surface area contributed by atoms with Gasteiger partial charge in [-0.25, -0.2) is 5.84 Å². The molecule has 6 amide bonds. The van der Waals surface area contributed by atoms with Crippen LogP contribution in [0.25, 0.3) is 10.9 Å². The summed E-state index contributed by atoms with van der Waals surface area (Å²) >= 11 is 0. The van der Waals surface area contributed by atoms with E-state index in [0.717, 1.165) is 16.5 Å². The van der Waals surface area contributed by atoms with Crippen LogP contribution in [-0.4, -0.2) is 139 Å². The molecule has 17 heteroatoms. The molecule has 0 saturated carbocycles. The summed E-state index contributed by atoms with van der Waals surface area (Å²) in [7, 11) is 6.57. The van der Waals surface area contributed by atoms with Gasteiger partial charge in [-0.1, -0.05) is 73.1 Å². The molecule has 348 valence electrons. The van der Waals surface area contributed by atoms with Gasteiger partial charge in [-0.2, -0.15) is 0 Å². The van der Waals surface area contributed by atoms with E-state index in [-0.39, 0.29) is 60.6 Å². The Labute approximate surface area is 368 Å². The van der Waals surface area contributed by atoms with Crippen molar-refractivity contribution in [3.63, 3.8) is 0 Å². The smallest absolute Gasteiger partial charge is 0.245 e. The van der Waals surface area contributed by atoms with E-state index in [1.165, 1.54) is 14.2 Å². The topological polar surface area (TPSA) is 235 Å². The number of nitrogens with one attached hydrogen (secondary N) is 4. The Balaban J connectivity index is 1.77. The number of aromatic nitrogens is 1. The Morgan fingerprint density at radius 1 is 0.952 bits per heavy atom. The van der Waals surface area contributed by atoms with E-state index in [1.807, 2.05) is 84.0 Å². The lowest BCUT2D eigenvalue weighted by atomic mass is 9.89. The van der Waals surface area contributed by atoms with E-state index in [9.17, 15) is 28.8 Å². The number of nitrogens with two attached hydrogens (primary N) is 2. The van der Waals surface area contributed by atoms with Crippen LogP contribution in [0.1, 0.15) is 92.6 Å².